The van der Waals surface area contributed by atoms with Crippen molar-refractivity contribution in [2.45, 2.75) is 0 Å². The third-order valence-electron chi connectivity index (χ3n) is 0. The first-order valence-electron chi connectivity index (χ1n) is 1.59. The van der Waals surface area contributed by atoms with Crippen LogP contribution in [-0.2, 0) is 7.39 Å². The molecule has 0 saturated carbocycles. The Bertz CT molecular complexity index is 112. The summed E-state index contributed by atoms with van der Waals surface area (Å²) >= 11 is 0.900. The first-order valence-corrected chi connectivity index (χ1v) is 7.44. The minimum Gasteiger partial charge on any atom is 2.00 e. The predicted molar refractivity (Wildman–Crippen MR) is 41.3 cm³/mol. The van der Waals surface area contributed by atoms with Gasteiger partial charge >= 0.3 is 92.1 Å². The number of rotatable bonds is 0. The van der Waals surface area contributed by atoms with Crippen LogP contribution in [0, 0.1) is 71.0 Å². The largest absolute Gasteiger partial charge is 2.00 e. The zero-order valence-corrected chi connectivity index (χ0v) is 15.5. The molecule has 0 atom stereocenters. The minimum atomic E-state index is 0. The monoisotopic (exact) mass is 388 g/mol. The molecule has 0 spiro atoms. The Labute approximate surface area is 159 Å². The maximum atomic E-state index is 6.25. The Balaban J connectivity index is -0.00000000628. The molecule has 0 unspecified atom stereocenters. The van der Waals surface area contributed by atoms with Crippen LogP contribution in [0.25, 0.3) is 0 Å². The molecule has 0 aromatic heterocycles. The molecule has 0 aromatic carbocycles. The quantitative estimate of drug-likeness (QED) is 0.417. The predicted octanol–water partition coefficient (Wildman–Crippen LogP) is -0.186. The molecule has 0 aliphatic carbocycles. The van der Waals surface area contributed by atoms with Crippen LogP contribution in [0.2, 0.25) is 0 Å². The van der Waals surface area contributed by atoms with Gasteiger partial charge in [0.1, 0.15) is 0 Å². The Kier molecular flexibility index (Phi) is 57000. The van der Waals surface area contributed by atoms with E-state index in [0.29, 0.717) is 0 Å². The van der Waals surface area contributed by atoms with Crippen LogP contribution >= 0.6 is 0 Å². The molecule has 6 nitrogen and oxygen atoms in total. The molecule has 0 bridgehead atoms. The van der Waals surface area contributed by atoms with E-state index in [0.717, 1.165) is 39.2 Å². The summed E-state index contributed by atoms with van der Waals surface area (Å²) in [6, 6.07) is 0. The zero-order chi connectivity index (χ0) is 14.0. The van der Waals surface area contributed by atoms with E-state index in [1.807, 2.05) is 0 Å². The summed E-state index contributed by atoms with van der Waals surface area (Å²) in [5.74, 6) is 0. The van der Waals surface area contributed by atoms with Crippen LogP contribution in [0.15, 0.2) is 0 Å². The molecule has 15 heavy (non-hydrogen) atoms. The summed E-state index contributed by atoms with van der Waals surface area (Å²) in [6.07, 6.45) is 0. The fourth-order valence-corrected chi connectivity index (χ4v) is 0. The molecular weight excluding hydrogens is 387 g/mol. The van der Waals surface area contributed by atoms with Gasteiger partial charge in [0.05, 0.1) is 0 Å². The van der Waals surface area contributed by atoms with Crippen molar-refractivity contribution in [2.75, 3.05) is 0 Å². The number of nitrogens with zero attached hydrogens (tertiary/aromatic N) is 6. The van der Waals surface area contributed by atoms with Crippen LogP contribution < -0.4 is 0 Å². The molecule has 0 aliphatic rings. The normalized spacial score (nSPS) is 1.27. The molecule has 0 radical (unpaired) electrons. The van der Waals surface area contributed by atoms with Crippen molar-refractivity contribution in [1.82, 2.24) is 0 Å². The van der Waals surface area contributed by atoms with Gasteiger partial charge in [-0.2, -0.15) is 0 Å². The molecule has 0 fully saturated rings. The van der Waals surface area contributed by atoms with Gasteiger partial charge in [-0.3, -0.25) is 0 Å². The van der Waals surface area contributed by atoms with Crippen molar-refractivity contribution in [1.29, 1.82) is 31.6 Å². The summed E-state index contributed by atoms with van der Waals surface area (Å²) in [7, 11) is 3.42. The third kappa shape index (κ3) is 12600. The SMILES string of the molecule is [C-]#N.[C-]#N.[C-]#N.[C-]#N.[C-]#N.[C-]#N.[Fe]=[Sr].[Sr+2]. The standard InChI is InChI=1S/6CN.Fe.2Sr/c6*1-2;;;/q6*-1;;;+2. The summed E-state index contributed by atoms with van der Waals surface area (Å²) in [4.78, 5) is 0. The number of hydrogen-bond acceptors (Lipinski definition) is 6. The van der Waals surface area contributed by atoms with E-state index in [1.165, 1.54) is 0 Å². The van der Waals surface area contributed by atoms with Crippen molar-refractivity contribution in [3.05, 3.63) is 39.4 Å². The van der Waals surface area contributed by atoms with E-state index in [2.05, 4.69) is 7.39 Å². The maximum Gasteiger partial charge on any atom is 2.00 e. The van der Waals surface area contributed by atoms with Crippen molar-refractivity contribution in [3.8, 4) is 0 Å². The van der Waals surface area contributed by atoms with Gasteiger partial charge in [-0.1, -0.05) is 0 Å². The van der Waals surface area contributed by atoms with Gasteiger partial charge in [0.25, 0.3) is 0 Å². The third-order valence-corrected chi connectivity index (χ3v) is 0. The minimum absolute atomic E-state index is 0. The molecule has 0 aliphatic heterocycles. The van der Waals surface area contributed by atoms with Crippen LogP contribution in [0.5, 0.6) is 0 Å². The molecule has 9 heteroatoms. The second-order valence-corrected chi connectivity index (χ2v) is 0. The van der Waals surface area contributed by atoms with Crippen molar-refractivity contribution >= 4 is 84.7 Å². The van der Waals surface area contributed by atoms with Crippen molar-refractivity contribution < 1.29 is 7.39 Å². The summed E-state index contributed by atoms with van der Waals surface area (Å²) < 4.78 is 0. The second-order valence-electron chi connectivity index (χ2n) is 0. The summed E-state index contributed by atoms with van der Waals surface area (Å²) in [6.45, 7) is 28.5. The molecule has 70 valence electrons. The van der Waals surface area contributed by atoms with E-state index in [1.54, 1.807) is 0 Å². The molecular formula is C6FeN6Sr2-4. The van der Waals surface area contributed by atoms with Gasteiger partial charge in [-0.05, 0) is 0 Å². The van der Waals surface area contributed by atoms with Crippen molar-refractivity contribution in [2.24, 2.45) is 0 Å². The fraction of sp³-hybridized carbons (Fsp3) is 0. The van der Waals surface area contributed by atoms with Crippen LogP contribution in [0.3, 0.4) is 0 Å². The number of hydrogen-bond donors (Lipinski definition) is 0. The molecule has 0 heterocycles. The van der Waals surface area contributed by atoms with E-state index >= 15 is 0 Å². The van der Waals surface area contributed by atoms with Crippen LogP contribution in [-0.4, -0.2) is 84.7 Å². The van der Waals surface area contributed by atoms with Gasteiger partial charge < -0.3 is 71.0 Å². The average Bonchev–Trinajstić information content (AvgIpc) is 2.45. The molecule has 0 aromatic rings. The Hall–Kier alpha value is 0.421. The Morgan fingerprint density at radius 3 is 0.467 bits per heavy atom. The van der Waals surface area contributed by atoms with E-state index < -0.39 is 0 Å². The van der Waals surface area contributed by atoms with Gasteiger partial charge in [0.2, 0.25) is 0 Å². The van der Waals surface area contributed by atoms with Gasteiger partial charge in [-0.15, -0.1) is 0 Å². The molecule has 0 amide bonds. The summed E-state index contributed by atoms with van der Waals surface area (Å²) in [5, 5.41) is 37.5. The molecule has 0 saturated heterocycles. The smallest absolute Gasteiger partial charge is 2.00 e. The Morgan fingerprint density at radius 1 is 0.467 bits per heavy atom. The van der Waals surface area contributed by atoms with Crippen molar-refractivity contribution in [3.63, 3.8) is 0 Å². The van der Waals surface area contributed by atoms with Gasteiger partial charge in [-0.25, -0.2) is 0 Å². The van der Waals surface area contributed by atoms with E-state index in [9.17, 15) is 0 Å². The average molecular weight is 387 g/mol. The molecule has 0 N–H and O–H groups in total. The van der Waals surface area contributed by atoms with E-state index in [4.69, 9.17) is 71.0 Å². The topological polar surface area (TPSA) is 143 Å². The molecule has 0 rings (SSSR count). The van der Waals surface area contributed by atoms with Crippen LogP contribution in [0.1, 0.15) is 0 Å². The first kappa shape index (κ1) is 58.2. The first-order chi connectivity index (χ1) is 7.00. The fourth-order valence-electron chi connectivity index (χ4n) is 0. The van der Waals surface area contributed by atoms with Gasteiger partial charge in [0, 0.05) is 0 Å². The summed E-state index contributed by atoms with van der Waals surface area (Å²) in [5.41, 5.74) is 0. The van der Waals surface area contributed by atoms with E-state index in [-0.39, 0.29) is 45.5 Å². The van der Waals surface area contributed by atoms with Crippen LogP contribution in [0.4, 0.5) is 0 Å². The van der Waals surface area contributed by atoms with Gasteiger partial charge in [0.15, 0.2) is 0 Å². The maximum absolute atomic E-state index is 6.25. The zero-order valence-electron chi connectivity index (χ0n) is 7.45. The Morgan fingerprint density at radius 2 is 0.467 bits per heavy atom. The second kappa shape index (κ2) is 14700.